The van der Waals surface area contributed by atoms with Crippen molar-refractivity contribution in [2.75, 3.05) is 20.8 Å². The summed E-state index contributed by atoms with van der Waals surface area (Å²) in [6.45, 7) is 2.61. The monoisotopic (exact) mass is 362 g/mol. The van der Waals surface area contributed by atoms with Crippen LogP contribution in [0, 0.1) is 0 Å². The van der Waals surface area contributed by atoms with Gasteiger partial charge in [-0.2, -0.15) is 0 Å². The molecule has 1 aliphatic carbocycles. The highest BCUT2D eigenvalue weighted by Crippen LogP contribution is 2.33. The van der Waals surface area contributed by atoms with Gasteiger partial charge in [-0.1, -0.05) is 0 Å². The van der Waals surface area contributed by atoms with E-state index in [9.17, 15) is 4.79 Å². The van der Waals surface area contributed by atoms with Gasteiger partial charge in [0.05, 0.1) is 25.9 Å². The summed E-state index contributed by atoms with van der Waals surface area (Å²) in [7, 11) is 3.38. The first kappa shape index (κ1) is 19.0. The number of nitrogens with one attached hydrogen (secondary N) is 1. The Labute approximate surface area is 155 Å². The van der Waals surface area contributed by atoms with Gasteiger partial charge in [-0.05, 0) is 52.1 Å². The molecule has 3 rings (SSSR count). The van der Waals surface area contributed by atoms with Gasteiger partial charge in [0, 0.05) is 30.4 Å². The zero-order chi connectivity index (χ0) is 18.5. The Morgan fingerprint density at radius 2 is 1.96 bits per heavy atom. The number of aromatic nitrogens is 2. The lowest BCUT2D eigenvalue weighted by Gasteiger charge is -2.32. The maximum atomic E-state index is 12.2. The molecule has 144 valence electrons. The van der Waals surface area contributed by atoms with E-state index in [1.807, 2.05) is 30.4 Å². The lowest BCUT2D eigenvalue weighted by molar-refractivity contribution is -0.00959. The van der Waals surface area contributed by atoms with Crippen LogP contribution in [-0.4, -0.2) is 66.0 Å². The Morgan fingerprint density at radius 1 is 1.27 bits per heavy atom. The van der Waals surface area contributed by atoms with Gasteiger partial charge < -0.3 is 14.8 Å². The van der Waals surface area contributed by atoms with Crippen LogP contribution >= 0.6 is 0 Å². The summed E-state index contributed by atoms with van der Waals surface area (Å²) in [5, 5.41) is 3.32. The minimum Gasteiger partial charge on any atom is -0.453 e. The van der Waals surface area contributed by atoms with Gasteiger partial charge >= 0.3 is 6.09 Å². The van der Waals surface area contributed by atoms with E-state index in [0.717, 1.165) is 37.9 Å². The van der Waals surface area contributed by atoms with E-state index in [0.29, 0.717) is 12.5 Å². The van der Waals surface area contributed by atoms with E-state index in [1.165, 1.54) is 7.11 Å². The van der Waals surface area contributed by atoms with Crippen LogP contribution in [0.1, 0.15) is 50.8 Å². The van der Waals surface area contributed by atoms with E-state index in [2.05, 4.69) is 22.2 Å². The molecule has 0 bridgehead atoms. The number of likely N-dealkylation sites (N-methyl/N-ethyl adjacent to an activating group) is 1. The number of carbonyl (C=O) groups is 1. The lowest BCUT2D eigenvalue weighted by atomic mass is 9.87. The van der Waals surface area contributed by atoms with E-state index in [1.54, 1.807) is 0 Å². The third kappa shape index (κ3) is 4.15. The van der Waals surface area contributed by atoms with Crippen LogP contribution < -0.4 is 5.32 Å². The second-order valence-electron chi connectivity index (χ2n) is 7.34. The first-order valence-corrected chi connectivity index (χ1v) is 9.56. The van der Waals surface area contributed by atoms with Gasteiger partial charge in [0.25, 0.3) is 0 Å². The molecule has 1 aromatic rings. The van der Waals surface area contributed by atoms with E-state index >= 15 is 0 Å². The predicted octanol–water partition coefficient (Wildman–Crippen LogP) is 2.34. The lowest BCUT2D eigenvalue weighted by Crippen LogP contribution is -2.48. The van der Waals surface area contributed by atoms with Crippen molar-refractivity contribution in [1.82, 2.24) is 20.2 Å². The highest BCUT2D eigenvalue weighted by atomic mass is 16.5. The fourth-order valence-corrected chi connectivity index (χ4v) is 4.33. The smallest absolute Gasteiger partial charge is 0.410 e. The minimum absolute atomic E-state index is 0.0117. The largest absolute Gasteiger partial charge is 0.453 e. The van der Waals surface area contributed by atoms with Crippen LogP contribution in [0.3, 0.4) is 0 Å². The van der Waals surface area contributed by atoms with Crippen molar-refractivity contribution < 1.29 is 14.3 Å². The molecule has 1 aliphatic heterocycles. The average Bonchev–Trinajstić information content (AvgIpc) is 3.02. The quantitative estimate of drug-likeness (QED) is 0.866. The third-order valence-electron chi connectivity index (χ3n) is 5.78. The molecule has 7 heteroatoms. The minimum atomic E-state index is -0.270. The van der Waals surface area contributed by atoms with Gasteiger partial charge in [0.2, 0.25) is 0 Å². The summed E-state index contributed by atoms with van der Waals surface area (Å²) in [5.41, 5.74) is 0. The molecule has 1 N–H and O–H groups in total. The zero-order valence-corrected chi connectivity index (χ0v) is 15.9. The molecule has 0 aromatic carbocycles. The van der Waals surface area contributed by atoms with Crippen molar-refractivity contribution in [3.8, 4) is 0 Å². The SMILES string of the molecule is CNC1CC(C)N(C(=O)OC)C1COC1CCC(c2ncccn2)CC1. The number of nitrogens with zero attached hydrogens (tertiary/aromatic N) is 3. The summed E-state index contributed by atoms with van der Waals surface area (Å²) in [6, 6.07) is 2.25. The maximum Gasteiger partial charge on any atom is 0.410 e. The average molecular weight is 362 g/mol. The fraction of sp³-hybridized carbons (Fsp3) is 0.737. The molecule has 0 spiro atoms. The normalized spacial score (nSPS) is 31.8. The number of methoxy groups -OCH3 is 1. The van der Waals surface area contributed by atoms with Crippen molar-refractivity contribution in [3.05, 3.63) is 24.3 Å². The summed E-state index contributed by atoms with van der Waals surface area (Å²) in [5.74, 6) is 1.38. The Morgan fingerprint density at radius 3 is 2.58 bits per heavy atom. The number of amides is 1. The molecule has 3 atom stereocenters. The number of ether oxygens (including phenoxy) is 2. The van der Waals surface area contributed by atoms with E-state index < -0.39 is 0 Å². The van der Waals surface area contributed by atoms with Crippen LogP contribution in [-0.2, 0) is 9.47 Å². The van der Waals surface area contributed by atoms with E-state index in [4.69, 9.17) is 9.47 Å². The van der Waals surface area contributed by atoms with Crippen LogP contribution in [0.25, 0.3) is 0 Å². The molecule has 2 heterocycles. The Bertz CT molecular complexity index is 577. The Balaban J connectivity index is 1.52. The van der Waals surface area contributed by atoms with E-state index in [-0.39, 0.29) is 30.3 Å². The second-order valence-corrected chi connectivity index (χ2v) is 7.34. The molecule has 2 fully saturated rings. The second kappa shape index (κ2) is 8.77. The molecule has 26 heavy (non-hydrogen) atoms. The molecule has 0 radical (unpaired) electrons. The van der Waals surface area contributed by atoms with Gasteiger partial charge in [0.15, 0.2) is 0 Å². The molecule has 7 nitrogen and oxygen atoms in total. The van der Waals surface area contributed by atoms with Crippen molar-refractivity contribution in [2.45, 2.75) is 69.2 Å². The summed E-state index contributed by atoms with van der Waals surface area (Å²) < 4.78 is 11.2. The molecule has 1 amide bonds. The summed E-state index contributed by atoms with van der Waals surface area (Å²) in [4.78, 5) is 22.8. The molecule has 2 aliphatic rings. The fourth-order valence-electron chi connectivity index (χ4n) is 4.33. The summed E-state index contributed by atoms with van der Waals surface area (Å²) >= 11 is 0. The van der Waals surface area contributed by atoms with Gasteiger partial charge in [-0.3, -0.25) is 4.90 Å². The number of hydrogen-bond donors (Lipinski definition) is 1. The predicted molar refractivity (Wildman–Crippen MR) is 97.9 cm³/mol. The van der Waals surface area contributed by atoms with Crippen LogP contribution in [0.4, 0.5) is 4.79 Å². The highest BCUT2D eigenvalue weighted by Gasteiger charge is 2.42. The molecule has 1 aromatic heterocycles. The van der Waals surface area contributed by atoms with Crippen molar-refractivity contribution in [2.24, 2.45) is 0 Å². The molecule has 1 saturated carbocycles. The van der Waals surface area contributed by atoms with Gasteiger partial charge in [0.1, 0.15) is 5.82 Å². The third-order valence-corrected chi connectivity index (χ3v) is 5.78. The highest BCUT2D eigenvalue weighted by molar-refractivity contribution is 5.69. The first-order chi connectivity index (χ1) is 12.6. The number of hydrogen-bond acceptors (Lipinski definition) is 6. The Kier molecular flexibility index (Phi) is 6.43. The van der Waals surface area contributed by atoms with Crippen molar-refractivity contribution >= 4 is 6.09 Å². The zero-order valence-electron chi connectivity index (χ0n) is 15.9. The molecule has 1 saturated heterocycles. The maximum absolute atomic E-state index is 12.2. The first-order valence-electron chi connectivity index (χ1n) is 9.56. The standard InChI is InChI=1S/C19H30N4O3/c1-13-11-16(20-2)17(23(13)19(24)25-3)12-26-15-7-5-14(6-8-15)18-21-9-4-10-22-18/h4,9-10,13-17,20H,5-8,11-12H2,1-3H3. The molecule has 3 unspecified atom stereocenters. The van der Waals surface area contributed by atoms with Crippen LogP contribution in [0.15, 0.2) is 18.5 Å². The van der Waals surface area contributed by atoms with Gasteiger partial charge in [-0.15, -0.1) is 0 Å². The number of carbonyl (C=O) groups excluding carboxylic acids is 1. The van der Waals surface area contributed by atoms with Gasteiger partial charge in [-0.25, -0.2) is 14.8 Å². The number of rotatable bonds is 5. The Hall–Kier alpha value is -1.73. The van der Waals surface area contributed by atoms with Crippen molar-refractivity contribution in [1.29, 1.82) is 0 Å². The number of likely N-dealkylation sites (tertiary alicyclic amines) is 1. The van der Waals surface area contributed by atoms with Crippen LogP contribution in [0.5, 0.6) is 0 Å². The van der Waals surface area contributed by atoms with Crippen molar-refractivity contribution in [3.63, 3.8) is 0 Å². The van der Waals surface area contributed by atoms with Crippen LogP contribution in [0.2, 0.25) is 0 Å². The molecular weight excluding hydrogens is 332 g/mol. The summed E-state index contributed by atoms with van der Waals surface area (Å²) in [6.07, 6.45) is 8.62. The molecular formula is C19H30N4O3. The topological polar surface area (TPSA) is 76.6 Å².